The highest BCUT2D eigenvalue weighted by molar-refractivity contribution is 6.08. The molecular weight excluding hydrogens is 472 g/mol. The second-order valence-corrected chi connectivity index (χ2v) is 7.89. The van der Waals surface area contributed by atoms with Gasteiger partial charge >= 0.3 is 0 Å². The fraction of sp³-hybridized carbons (Fsp3) is 0.172. The number of rotatable bonds is 10. The Balaban J connectivity index is 1.76. The van der Waals surface area contributed by atoms with Crippen LogP contribution in [0.4, 0.5) is 0 Å². The normalized spacial score (nSPS) is 10.8. The van der Waals surface area contributed by atoms with Gasteiger partial charge in [-0.05, 0) is 54.6 Å². The van der Waals surface area contributed by atoms with E-state index in [-0.39, 0.29) is 5.78 Å². The minimum absolute atomic E-state index is 0.232. The van der Waals surface area contributed by atoms with E-state index >= 15 is 0 Å². The van der Waals surface area contributed by atoms with Crippen molar-refractivity contribution in [2.24, 2.45) is 0 Å². The van der Waals surface area contributed by atoms with Crippen LogP contribution in [0.3, 0.4) is 0 Å². The van der Waals surface area contributed by atoms with Crippen molar-refractivity contribution in [3.63, 3.8) is 0 Å². The Morgan fingerprint density at radius 1 is 0.757 bits per heavy atom. The maximum atomic E-state index is 13.2. The molecule has 1 aromatic heterocycles. The number of para-hydroxylation sites is 1. The summed E-state index contributed by atoms with van der Waals surface area (Å²) in [6.07, 6.45) is 5.11. The first-order valence-corrected chi connectivity index (χ1v) is 11.4. The third kappa shape index (κ3) is 5.28. The number of aromatic nitrogens is 2. The predicted molar refractivity (Wildman–Crippen MR) is 142 cm³/mol. The van der Waals surface area contributed by atoms with Gasteiger partial charge in [-0.25, -0.2) is 4.68 Å². The molecule has 0 bridgehead atoms. The summed E-state index contributed by atoms with van der Waals surface area (Å²) in [6.45, 7) is 0. The first kappa shape index (κ1) is 25.4. The number of nitrogens with zero attached hydrogens (tertiary/aromatic N) is 2. The van der Waals surface area contributed by atoms with Gasteiger partial charge in [-0.1, -0.05) is 18.2 Å². The number of ether oxygens (including phenoxy) is 5. The summed E-state index contributed by atoms with van der Waals surface area (Å²) in [7, 11) is 7.71. The summed E-state index contributed by atoms with van der Waals surface area (Å²) >= 11 is 0. The number of hydrogen-bond acceptors (Lipinski definition) is 7. The third-order valence-electron chi connectivity index (χ3n) is 5.78. The standard InChI is InChI=1S/C29H28N2O6/c1-33-24-14-12-19(15-25(24)34-2)28-20(18-31(30-28)22-9-7-6-8-10-22)11-13-23(32)21-16-26(35-3)29(37-5)27(17-21)36-4/h6-18H,1-5H3/b13-11+. The highest BCUT2D eigenvalue weighted by Crippen LogP contribution is 2.38. The second kappa shape index (κ2) is 11.3. The monoisotopic (exact) mass is 500 g/mol. The number of hydrogen-bond donors (Lipinski definition) is 0. The molecule has 0 saturated heterocycles. The van der Waals surface area contributed by atoms with Crippen molar-refractivity contribution < 1.29 is 28.5 Å². The van der Waals surface area contributed by atoms with Gasteiger partial charge in [0.15, 0.2) is 28.8 Å². The van der Waals surface area contributed by atoms with Gasteiger partial charge < -0.3 is 23.7 Å². The van der Waals surface area contributed by atoms with Gasteiger partial charge in [0.1, 0.15) is 5.69 Å². The van der Waals surface area contributed by atoms with Crippen molar-refractivity contribution in [1.29, 1.82) is 0 Å². The van der Waals surface area contributed by atoms with Crippen LogP contribution in [-0.4, -0.2) is 51.1 Å². The molecule has 0 spiro atoms. The lowest BCUT2D eigenvalue weighted by Gasteiger charge is -2.13. The van der Waals surface area contributed by atoms with E-state index in [9.17, 15) is 4.79 Å². The summed E-state index contributed by atoms with van der Waals surface area (Å²) in [6, 6.07) is 18.6. The van der Waals surface area contributed by atoms with E-state index in [0.29, 0.717) is 40.0 Å². The molecule has 0 atom stereocenters. The molecule has 0 fully saturated rings. The van der Waals surface area contributed by atoms with Crippen LogP contribution in [0.15, 0.2) is 72.9 Å². The summed E-state index contributed by atoms with van der Waals surface area (Å²) in [5, 5.41) is 4.81. The molecule has 1 heterocycles. The largest absolute Gasteiger partial charge is 0.493 e. The van der Waals surface area contributed by atoms with Crippen molar-refractivity contribution in [2.75, 3.05) is 35.5 Å². The van der Waals surface area contributed by atoms with Crippen molar-refractivity contribution in [3.05, 3.63) is 84.1 Å². The number of methoxy groups -OCH3 is 5. The van der Waals surface area contributed by atoms with E-state index in [1.54, 1.807) is 37.1 Å². The zero-order valence-corrected chi connectivity index (χ0v) is 21.3. The molecule has 37 heavy (non-hydrogen) atoms. The highest BCUT2D eigenvalue weighted by atomic mass is 16.5. The van der Waals surface area contributed by atoms with Gasteiger partial charge in [0.2, 0.25) is 5.75 Å². The zero-order valence-electron chi connectivity index (χ0n) is 21.3. The van der Waals surface area contributed by atoms with Crippen LogP contribution in [0.25, 0.3) is 23.0 Å². The van der Waals surface area contributed by atoms with E-state index < -0.39 is 0 Å². The fourth-order valence-electron chi connectivity index (χ4n) is 3.92. The summed E-state index contributed by atoms with van der Waals surface area (Å²) in [5.41, 5.74) is 3.52. The first-order valence-electron chi connectivity index (χ1n) is 11.4. The average molecular weight is 501 g/mol. The molecule has 0 unspecified atom stereocenters. The van der Waals surface area contributed by atoms with Crippen LogP contribution in [0.5, 0.6) is 28.7 Å². The van der Waals surface area contributed by atoms with E-state index in [4.69, 9.17) is 28.8 Å². The lowest BCUT2D eigenvalue weighted by molar-refractivity contribution is 0.104. The maximum Gasteiger partial charge on any atom is 0.203 e. The Hall–Kier alpha value is -4.72. The molecular formula is C29H28N2O6. The van der Waals surface area contributed by atoms with Gasteiger partial charge in [-0.3, -0.25) is 4.79 Å². The molecule has 0 aliphatic rings. The molecule has 190 valence electrons. The van der Waals surface area contributed by atoms with Crippen molar-refractivity contribution in [1.82, 2.24) is 9.78 Å². The molecule has 0 radical (unpaired) electrons. The minimum Gasteiger partial charge on any atom is -0.493 e. The van der Waals surface area contributed by atoms with E-state index in [1.165, 1.54) is 27.4 Å². The topological polar surface area (TPSA) is 81.0 Å². The molecule has 3 aromatic carbocycles. The Morgan fingerprint density at radius 3 is 2.00 bits per heavy atom. The number of allylic oxidation sites excluding steroid dienone is 1. The van der Waals surface area contributed by atoms with Crippen LogP contribution >= 0.6 is 0 Å². The zero-order chi connectivity index (χ0) is 26.4. The molecule has 4 rings (SSSR count). The van der Waals surface area contributed by atoms with Gasteiger partial charge in [0, 0.05) is 22.9 Å². The summed E-state index contributed by atoms with van der Waals surface area (Å²) in [4.78, 5) is 13.2. The highest BCUT2D eigenvalue weighted by Gasteiger charge is 2.17. The van der Waals surface area contributed by atoms with E-state index in [1.807, 2.05) is 54.7 Å². The second-order valence-electron chi connectivity index (χ2n) is 7.89. The lowest BCUT2D eigenvalue weighted by atomic mass is 10.0. The predicted octanol–water partition coefficient (Wildman–Crippen LogP) is 5.48. The fourth-order valence-corrected chi connectivity index (χ4v) is 3.92. The molecule has 0 aliphatic heterocycles. The van der Waals surface area contributed by atoms with Crippen molar-refractivity contribution in [3.8, 4) is 45.7 Å². The molecule has 8 heteroatoms. The molecule has 0 saturated carbocycles. The lowest BCUT2D eigenvalue weighted by Crippen LogP contribution is -2.00. The van der Waals surface area contributed by atoms with Crippen LogP contribution < -0.4 is 23.7 Å². The molecule has 0 N–H and O–H groups in total. The Morgan fingerprint density at radius 2 is 1.41 bits per heavy atom. The average Bonchev–Trinajstić information content (AvgIpc) is 3.39. The number of carbonyl (C=O) groups is 1. The van der Waals surface area contributed by atoms with Crippen LogP contribution in [0.2, 0.25) is 0 Å². The molecule has 0 amide bonds. The maximum absolute atomic E-state index is 13.2. The quantitative estimate of drug-likeness (QED) is 0.211. The van der Waals surface area contributed by atoms with E-state index in [0.717, 1.165) is 16.8 Å². The number of ketones is 1. The van der Waals surface area contributed by atoms with Gasteiger partial charge in [-0.2, -0.15) is 5.10 Å². The number of benzene rings is 3. The van der Waals surface area contributed by atoms with Gasteiger partial charge in [0.05, 0.1) is 41.2 Å². The third-order valence-corrected chi connectivity index (χ3v) is 5.78. The van der Waals surface area contributed by atoms with Crippen molar-refractivity contribution in [2.45, 2.75) is 0 Å². The van der Waals surface area contributed by atoms with E-state index in [2.05, 4.69) is 0 Å². The minimum atomic E-state index is -0.232. The smallest absolute Gasteiger partial charge is 0.203 e. The van der Waals surface area contributed by atoms with Gasteiger partial charge in [0.25, 0.3) is 0 Å². The van der Waals surface area contributed by atoms with Crippen LogP contribution in [-0.2, 0) is 0 Å². The van der Waals surface area contributed by atoms with Gasteiger partial charge in [-0.15, -0.1) is 0 Å². The molecule has 4 aromatic rings. The summed E-state index contributed by atoms with van der Waals surface area (Å²) < 4.78 is 28.8. The SMILES string of the molecule is COc1ccc(-c2nn(-c3ccccc3)cc2/C=C/C(=O)c2cc(OC)c(OC)c(OC)c2)cc1OC. The number of carbonyl (C=O) groups excluding carboxylic acids is 1. The summed E-state index contributed by atoms with van der Waals surface area (Å²) in [5.74, 6) is 2.19. The van der Waals surface area contributed by atoms with Crippen LogP contribution in [0, 0.1) is 0 Å². The Bertz CT molecular complexity index is 1400. The molecule has 8 nitrogen and oxygen atoms in total. The first-order chi connectivity index (χ1) is 18.0. The Labute approximate surface area is 215 Å². The van der Waals surface area contributed by atoms with Crippen LogP contribution in [0.1, 0.15) is 15.9 Å². The Kier molecular flexibility index (Phi) is 7.78. The van der Waals surface area contributed by atoms with Crippen molar-refractivity contribution >= 4 is 11.9 Å². The molecule has 0 aliphatic carbocycles.